The lowest BCUT2D eigenvalue weighted by Crippen LogP contribution is -2.19. The maximum Gasteiger partial charge on any atom is 0.0399 e. The van der Waals surface area contributed by atoms with Crippen molar-refractivity contribution in [2.24, 2.45) is 0 Å². The van der Waals surface area contributed by atoms with Crippen molar-refractivity contribution in [2.45, 2.75) is 0 Å². The fourth-order valence-electron chi connectivity index (χ4n) is 0.338. The van der Waals surface area contributed by atoms with Crippen LogP contribution in [0, 0.1) is 0 Å². The van der Waals surface area contributed by atoms with Gasteiger partial charge in [-0.2, -0.15) is 0 Å². The number of nitrogens with one attached hydrogen (secondary N) is 1. The molecule has 0 amide bonds. The van der Waals surface area contributed by atoms with E-state index in [4.69, 9.17) is 11.8 Å². The third-order valence-electron chi connectivity index (χ3n) is 0.622. The van der Waals surface area contributed by atoms with Gasteiger partial charge in [0.1, 0.15) is 0 Å². The Kier molecular flexibility index (Phi) is 1.22. The molecule has 0 fully saturated rings. The van der Waals surface area contributed by atoms with Crippen LogP contribution >= 0.6 is 11.8 Å². The zero-order valence-corrected chi connectivity index (χ0v) is 4.39. The average molecular weight is 117 g/mol. The first-order valence-electron chi connectivity index (χ1n) is 1.94. The Morgan fingerprint density at radius 1 is 1.43 bits per heavy atom. The fraction of sp³-hybridized carbons (Fsp3) is 0. The Morgan fingerprint density at radius 3 is 2.57 bits per heavy atom. The summed E-state index contributed by atoms with van der Waals surface area (Å²) in [5, 5.41) is 0. The number of rotatable bonds is 0. The third-order valence-corrected chi connectivity index (χ3v) is 0.832. The van der Waals surface area contributed by atoms with Gasteiger partial charge in [-0.3, -0.25) is 5.43 Å². The van der Waals surface area contributed by atoms with Gasteiger partial charge in [0.05, 0.1) is 0 Å². The molecule has 0 unspecified atom stereocenters. The number of allylic oxidation sites excluding steroid dienone is 2. The minimum atomic E-state index is 1.35. The molecule has 38 valence electrons. The van der Waals surface area contributed by atoms with E-state index in [9.17, 15) is 0 Å². The molecule has 0 aliphatic carbocycles. The molecule has 3 heteroatoms. The average Bonchev–Trinajstić information content (AvgIpc) is 1.69. The summed E-state index contributed by atoms with van der Waals surface area (Å²) < 4.78 is 1.35. The smallest absolute Gasteiger partial charge is 0.0399 e. The third kappa shape index (κ3) is 1.12. The minimum Gasteiger partial charge on any atom is -0.291 e. The highest BCUT2D eigenvalue weighted by Crippen LogP contribution is 1.93. The van der Waals surface area contributed by atoms with Crippen LogP contribution < -0.4 is 5.43 Å². The van der Waals surface area contributed by atoms with E-state index in [1.807, 2.05) is 12.2 Å². The van der Waals surface area contributed by atoms with Gasteiger partial charge in [-0.1, -0.05) is 0 Å². The number of nitrogens with zero attached hydrogens (tertiary/aromatic N) is 1. The Bertz CT molecular complexity index is 108. The molecule has 0 radical (unpaired) electrons. The van der Waals surface area contributed by atoms with E-state index < -0.39 is 0 Å². The van der Waals surface area contributed by atoms with Gasteiger partial charge in [0.2, 0.25) is 0 Å². The van der Waals surface area contributed by atoms with Crippen molar-refractivity contribution >= 4 is 11.8 Å². The van der Waals surface area contributed by atoms with E-state index in [1.165, 1.54) is 4.53 Å². The second-order valence-corrected chi connectivity index (χ2v) is 1.51. The van der Waals surface area contributed by atoms with Crippen molar-refractivity contribution in [1.29, 1.82) is 0 Å². The summed E-state index contributed by atoms with van der Waals surface area (Å²) in [6.45, 7) is 0. The van der Waals surface area contributed by atoms with Crippen LogP contribution in [-0.2, 0) is 0 Å². The topological polar surface area (TPSA) is 15.3 Å². The van der Waals surface area contributed by atoms with Gasteiger partial charge in [-0.05, 0) is 12.2 Å². The largest absolute Gasteiger partial charge is 0.291 e. The molecule has 0 aromatic carbocycles. The van der Waals surface area contributed by atoms with E-state index in [2.05, 4.69) is 5.43 Å². The first-order valence-corrected chi connectivity index (χ1v) is 2.28. The maximum absolute atomic E-state index is 5.40. The van der Waals surface area contributed by atoms with Crippen LogP contribution in [0.1, 0.15) is 0 Å². The van der Waals surface area contributed by atoms with Crippen LogP contribution in [0.3, 0.4) is 0 Å². The van der Waals surface area contributed by atoms with Crippen LogP contribution in [0.2, 0.25) is 0 Å². The highest BCUT2D eigenvalue weighted by molar-refractivity contribution is 6.13. The lowest BCUT2D eigenvalue weighted by Gasteiger charge is -2.10. The van der Waals surface area contributed by atoms with E-state index in [-0.39, 0.29) is 0 Å². The van der Waals surface area contributed by atoms with Crippen LogP contribution in [0.15, 0.2) is 24.6 Å². The molecule has 1 heterocycles. The Balaban J connectivity index is 2.49. The molecular formula is C4H5ClN2. The normalized spacial score (nSPS) is 17.0. The first-order chi connectivity index (χ1) is 3.39. The van der Waals surface area contributed by atoms with Gasteiger partial charge < -0.3 is 0 Å². The summed E-state index contributed by atoms with van der Waals surface area (Å²) >= 11 is 5.40. The van der Waals surface area contributed by atoms with E-state index >= 15 is 0 Å². The van der Waals surface area contributed by atoms with E-state index in [0.29, 0.717) is 0 Å². The SMILES string of the molecule is ClN1C=CC=CN1. The van der Waals surface area contributed by atoms with Gasteiger partial charge >= 0.3 is 0 Å². The van der Waals surface area contributed by atoms with Gasteiger partial charge in [-0.25, -0.2) is 4.53 Å². The second-order valence-electron chi connectivity index (χ2n) is 1.14. The summed E-state index contributed by atoms with van der Waals surface area (Å²) in [6.07, 6.45) is 7.15. The molecule has 1 N–H and O–H groups in total. The first kappa shape index (κ1) is 4.53. The Labute approximate surface area is 47.1 Å². The van der Waals surface area contributed by atoms with Gasteiger partial charge in [0.25, 0.3) is 0 Å². The van der Waals surface area contributed by atoms with Crippen molar-refractivity contribution in [3.63, 3.8) is 0 Å². The maximum atomic E-state index is 5.40. The fourth-order valence-corrected chi connectivity index (χ4v) is 0.459. The van der Waals surface area contributed by atoms with Crippen LogP contribution in [0.25, 0.3) is 0 Å². The molecule has 0 aromatic rings. The number of halogens is 1. The number of hydrazine groups is 1. The van der Waals surface area contributed by atoms with Crippen LogP contribution in [0.5, 0.6) is 0 Å². The molecule has 1 rings (SSSR count). The monoisotopic (exact) mass is 116 g/mol. The van der Waals surface area contributed by atoms with Crippen molar-refractivity contribution in [2.75, 3.05) is 0 Å². The molecule has 0 saturated carbocycles. The molecule has 1 aliphatic rings. The molecule has 0 aromatic heterocycles. The highest BCUT2D eigenvalue weighted by Gasteiger charge is 1.86. The molecule has 0 saturated heterocycles. The lowest BCUT2D eigenvalue weighted by molar-refractivity contribution is 0.516. The van der Waals surface area contributed by atoms with Crippen LogP contribution in [0.4, 0.5) is 0 Å². The molecule has 1 aliphatic heterocycles. The summed E-state index contributed by atoms with van der Waals surface area (Å²) in [5.41, 5.74) is 2.71. The van der Waals surface area contributed by atoms with Crippen molar-refractivity contribution in [3.05, 3.63) is 24.6 Å². The summed E-state index contributed by atoms with van der Waals surface area (Å²) in [4.78, 5) is 0. The van der Waals surface area contributed by atoms with Gasteiger partial charge in [0.15, 0.2) is 0 Å². The molecule has 0 bridgehead atoms. The van der Waals surface area contributed by atoms with Gasteiger partial charge in [0, 0.05) is 24.2 Å². The zero-order valence-electron chi connectivity index (χ0n) is 3.63. The molecule has 0 atom stereocenters. The Hall–Kier alpha value is -0.630. The van der Waals surface area contributed by atoms with Crippen molar-refractivity contribution < 1.29 is 0 Å². The predicted octanol–water partition coefficient (Wildman–Crippen LogP) is 0.988. The highest BCUT2D eigenvalue weighted by atomic mass is 35.5. The van der Waals surface area contributed by atoms with Gasteiger partial charge in [-0.15, -0.1) is 0 Å². The molecule has 2 nitrogen and oxygen atoms in total. The zero-order chi connectivity index (χ0) is 5.11. The predicted molar refractivity (Wildman–Crippen MR) is 29.1 cm³/mol. The number of hydrogen-bond acceptors (Lipinski definition) is 2. The number of hydrogen-bond donors (Lipinski definition) is 1. The molecule has 0 spiro atoms. The molecular weight excluding hydrogens is 112 g/mol. The second kappa shape index (κ2) is 1.89. The lowest BCUT2D eigenvalue weighted by atomic mass is 10.5. The quantitative estimate of drug-likeness (QED) is 0.475. The molecule has 7 heavy (non-hydrogen) atoms. The minimum absolute atomic E-state index is 1.35. The summed E-state index contributed by atoms with van der Waals surface area (Å²) in [6, 6.07) is 0. The standard InChI is InChI=1S/C4H5ClN2/c5-7-4-2-1-3-6-7/h1-4,6H. The summed E-state index contributed by atoms with van der Waals surface area (Å²) in [5.74, 6) is 0. The van der Waals surface area contributed by atoms with Crippen molar-refractivity contribution in [3.8, 4) is 0 Å². The van der Waals surface area contributed by atoms with Crippen LogP contribution in [-0.4, -0.2) is 4.53 Å². The van der Waals surface area contributed by atoms with Crippen molar-refractivity contribution in [1.82, 2.24) is 9.95 Å². The summed E-state index contributed by atoms with van der Waals surface area (Å²) in [7, 11) is 0. The Morgan fingerprint density at radius 2 is 2.29 bits per heavy atom. The van der Waals surface area contributed by atoms with E-state index in [1.54, 1.807) is 12.4 Å². The van der Waals surface area contributed by atoms with E-state index in [0.717, 1.165) is 0 Å².